The number of rotatable bonds is 4. The number of benzene rings is 2. The Labute approximate surface area is 151 Å². The number of aromatic amines is 2. The molecule has 0 atom stereocenters. The van der Waals surface area contributed by atoms with Crippen molar-refractivity contribution in [3.8, 4) is 0 Å². The van der Waals surface area contributed by atoms with Crippen LogP contribution in [0, 0.1) is 0 Å². The Balaban J connectivity index is 1.73. The molecule has 3 rings (SSSR count). The van der Waals surface area contributed by atoms with Crippen molar-refractivity contribution in [2.45, 2.75) is 0 Å². The van der Waals surface area contributed by atoms with Gasteiger partial charge in [-0.05, 0) is 36.4 Å². The Morgan fingerprint density at radius 3 is 2.38 bits per heavy atom. The number of carbonyl (C=O) groups is 2. The summed E-state index contributed by atoms with van der Waals surface area (Å²) in [6, 6.07) is 10.7. The number of aromatic nitrogens is 2. The van der Waals surface area contributed by atoms with Crippen molar-refractivity contribution in [2.75, 3.05) is 11.9 Å². The maximum absolute atomic E-state index is 12.1. The van der Waals surface area contributed by atoms with Crippen molar-refractivity contribution in [2.24, 2.45) is 0 Å². The average molecular weight is 373 g/mol. The molecule has 0 fully saturated rings. The minimum Gasteiger partial charge on any atom is -0.343 e. The number of amides is 2. The summed E-state index contributed by atoms with van der Waals surface area (Å²) in [5.74, 6) is -0.983. The lowest BCUT2D eigenvalue weighted by molar-refractivity contribution is -0.115. The highest BCUT2D eigenvalue weighted by molar-refractivity contribution is 6.30. The summed E-state index contributed by atoms with van der Waals surface area (Å²) in [7, 11) is 0. The van der Waals surface area contributed by atoms with Crippen LogP contribution < -0.4 is 21.8 Å². The van der Waals surface area contributed by atoms with Crippen molar-refractivity contribution in [1.29, 1.82) is 0 Å². The van der Waals surface area contributed by atoms with Crippen LogP contribution in [0.5, 0.6) is 0 Å². The van der Waals surface area contributed by atoms with Gasteiger partial charge in [0.05, 0.1) is 23.0 Å². The molecule has 0 unspecified atom stereocenters. The van der Waals surface area contributed by atoms with Crippen LogP contribution in [-0.4, -0.2) is 28.6 Å². The number of hydrogen-bond donors (Lipinski definition) is 4. The first-order valence-electron chi connectivity index (χ1n) is 7.53. The first-order valence-corrected chi connectivity index (χ1v) is 7.91. The van der Waals surface area contributed by atoms with Crippen LogP contribution in [0.4, 0.5) is 5.69 Å². The van der Waals surface area contributed by atoms with Crippen LogP contribution in [-0.2, 0) is 4.79 Å². The normalized spacial score (nSPS) is 10.5. The van der Waals surface area contributed by atoms with Crippen LogP contribution in [0.1, 0.15) is 10.4 Å². The molecule has 26 heavy (non-hydrogen) atoms. The lowest BCUT2D eigenvalue weighted by atomic mass is 10.1. The van der Waals surface area contributed by atoms with E-state index in [9.17, 15) is 19.2 Å². The minimum absolute atomic E-state index is 0.0635. The van der Waals surface area contributed by atoms with Crippen LogP contribution in [0.25, 0.3) is 10.8 Å². The fourth-order valence-corrected chi connectivity index (χ4v) is 2.52. The van der Waals surface area contributed by atoms with Gasteiger partial charge in [0, 0.05) is 10.6 Å². The molecule has 2 aromatic carbocycles. The minimum atomic E-state index is -0.542. The second-order valence-electron chi connectivity index (χ2n) is 5.37. The molecule has 4 N–H and O–H groups in total. The predicted octanol–water partition coefficient (Wildman–Crippen LogP) is 1.24. The number of nitrogens with one attached hydrogen (secondary N) is 4. The van der Waals surface area contributed by atoms with Gasteiger partial charge < -0.3 is 10.6 Å². The van der Waals surface area contributed by atoms with E-state index in [1.165, 1.54) is 24.3 Å². The van der Waals surface area contributed by atoms with Crippen molar-refractivity contribution in [3.05, 3.63) is 73.8 Å². The van der Waals surface area contributed by atoms with E-state index in [1.54, 1.807) is 18.2 Å². The Kier molecular flexibility index (Phi) is 4.85. The molecule has 3 aromatic rings. The summed E-state index contributed by atoms with van der Waals surface area (Å²) in [5.41, 5.74) is -0.483. The van der Waals surface area contributed by atoms with Gasteiger partial charge in [0.15, 0.2) is 0 Å². The van der Waals surface area contributed by atoms with Crippen LogP contribution >= 0.6 is 11.6 Å². The van der Waals surface area contributed by atoms with E-state index in [1.807, 2.05) is 0 Å². The van der Waals surface area contributed by atoms with Gasteiger partial charge in [-0.1, -0.05) is 17.7 Å². The van der Waals surface area contributed by atoms with Crippen molar-refractivity contribution in [3.63, 3.8) is 0 Å². The summed E-state index contributed by atoms with van der Waals surface area (Å²) < 4.78 is 0. The number of carbonyl (C=O) groups excluding carboxylic acids is 2. The first-order chi connectivity index (χ1) is 12.5. The van der Waals surface area contributed by atoms with Gasteiger partial charge in [-0.2, -0.15) is 0 Å². The van der Waals surface area contributed by atoms with E-state index >= 15 is 0 Å². The second-order valence-corrected chi connectivity index (χ2v) is 5.81. The molecule has 1 aromatic heterocycles. The van der Waals surface area contributed by atoms with Crippen molar-refractivity contribution < 1.29 is 9.59 Å². The summed E-state index contributed by atoms with van der Waals surface area (Å²) in [6.45, 7) is -0.307. The van der Waals surface area contributed by atoms with Crippen molar-refractivity contribution in [1.82, 2.24) is 15.5 Å². The van der Waals surface area contributed by atoms with Crippen LogP contribution in [0.2, 0.25) is 5.02 Å². The Hall–Kier alpha value is -3.39. The molecule has 0 spiro atoms. The van der Waals surface area contributed by atoms with E-state index in [0.717, 1.165) is 0 Å². The van der Waals surface area contributed by atoms with Gasteiger partial charge in [0.1, 0.15) is 0 Å². The molecule has 9 heteroatoms. The standard InChI is InChI=1S/C17H13ClN4O4/c18-10-6-4-9(5-7-10)15(24)19-8-13(23)20-12-3-1-2-11-14(12)17(26)22-21-16(11)25/h1-7H,8H2,(H,19,24)(H,20,23)(H,21,25)(H,22,26). The smallest absolute Gasteiger partial charge is 0.272 e. The SMILES string of the molecule is O=C(CNC(=O)c1ccc(Cl)cc1)Nc1cccc2c(=O)[nH][nH]c(=O)c12. The monoisotopic (exact) mass is 372 g/mol. The Morgan fingerprint density at radius 2 is 1.65 bits per heavy atom. The topological polar surface area (TPSA) is 124 Å². The summed E-state index contributed by atoms with van der Waals surface area (Å²) >= 11 is 5.76. The molecule has 0 aliphatic carbocycles. The molecule has 8 nitrogen and oxygen atoms in total. The van der Waals surface area contributed by atoms with E-state index < -0.39 is 22.9 Å². The second kappa shape index (κ2) is 7.24. The van der Waals surface area contributed by atoms with Gasteiger partial charge in [0.2, 0.25) is 5.91 Å². The fourth-order valence-electron chi connectivity index (χ4n) is 2.39. The molecule has 0 saturated carbocycles. The average Bonchev–Trinajstić information content (AvgIpc) is 2.63. The Bertz CT molecular complexity index is 1100. The number of H-pyrrole nitrogens is 2. The number of anilines is 1. The van der Waals surface area contributed by atoms with Gasteiger partial charge in [-0.25, -0.2) is 0 Å². The molecule has 0 aliphatic rings. The zero-order chi connectivity index (χ0) is 18.7. The Morgan fingerprint density at radius 1 is 0.962 bits per heavy atom. The zero-order valence-electron chi connectivity index (χ0n) is 13.3. The third-order valence-electron chi connectivity index (χ3n) is 3.62. The largest absolute Gasteiger partial charge is 0.343 e. The van der Waals surface area contributed by atoms with Gasteiger partial charge in [0.25, 0.3) is 17.0 Å². The maximum Gasteiger partial charge on any atom is 0.272 e. The lowest BCUT2D eigenvalue weighted by Crippen LogP contribution is -2.33. The highest BCUT2D eigenvalue weighted by Gasteiger charge is 2.12. The van der Waals surface area contributed by atoms with Gasteiger partial charge in [-0.3, -0.25) is 29.4 Å². The number of fused-ring (bicyclic) bond motifs is 1. The summed E-state index contributed by atoms with van der Waals surface area (Å²) in [5, 5.41) is 10.1. The molecule has 0 radical (unpaired) electrons. The zero-order valence-corrected chi connectivity index (χ0v) is 14.0. The molecular weight excluding hydrogens is 360 g/mol. The molecule has 1 heterocycles. The molecule has 0 bridgehead atoms. The van der Waals surface area contributed by atoms with Crippen molar-refractivity contribution >= 4 is 39.9 Å². The maximum atomic E-state index is 12.1. The molecule has 0 aliphatic heterocycles. The molecule has 0 saturated heterocycles. The molecule has 132 valence electrons. The van der Waals surface area contributed by atoms with E-state index in [2.05, 4.69) is 20.8 Å². The molecular formula is C17H13ClN4O4. The van der Waals surface area contributed by atoms with E-state index in [0.29, 0.717) is 10.6 Å². The van der Waals surface area contributed by atoms with Crippen LogP contribution in [0.15, 0.2) is 52.1 Å². The quantitative estimate of drug-likeness (QED) is 0.550. The van der Waals surface area contributed by atoms with E-state index in [-0.39, 0.29) is 23.0 Å². The summed E-state index contributed by atoms with van der Waals surface area (Å²) in [4.78, 5) is 47.8. The van der Waals surface area contributed by atoms with Gasteiger partial charge >= 0.3 is 0 Å². The highest BCUT2D eigenvalue weighted by atomic mass is 35.5. The fraction of sp³-hybridized carbons (Fsp3) is 0.0588. The lowest BCUT2D eigenvalue weighted by Gasteiger charge is -2.09. The van der Waals surface area contributed by atoms with Crippen LogP contribution in [0.3, 0.4) is 0 Å². The third kappa shape index (κ3) is 3.65. The summed E-state index contributed by atoms with van der Waals surface area (Å²) in [6.07, 6.45) is 0. The highest BCUT2D eigenvalue weighted by Crippen LogP contribution is 2.16. The predicted molar refractivity (Wildman–Crippen MR) is 97.6 cm³/mol. The first kappa shape index (κ1) is 17.4. The number of hydrogen-bond acceptors (Lipinski definition) is 4. The van der Waals surface area contributed by atoms with E-state index in [4.69, 9.17) is 11.6 Å². The third-order valence-corrected chi connectivity index (χ3v) is 3.87. The van der Waals surface area contributed by atoms with Gasteiger partial charge in [-0.15, -0.1) is 0 Å². The molecule has 2 amide bonds. The number of halogens is 1.